The third kappa shape index (κ3) is 2.93. The van der Waals surface area contributed by atoms with E-state index >= 15 is 0 Å². The summed E-state index contributed by atoms with van der Waals surface area (Å²) in [7, 11) is 0. The molecule has 2 atom stereocenters. The first kappa shape index (κ1) is 15.5. The van der Waals surface area contributed by atoms with Crippen LogP contribution in [0, 0.1) is 0 Å². The van der Waals surface area contributed by atoms with Crippen molar-refractivity contribution in [1.29, 1.82) is 0 Å². The summed E-state index contributed by atoms with van der Waals surface area (Å²) in [5.41, 5.74) is 9.54. The molecule has 2 unspecified atom stereocenters. The lowest BCUT2D eigenvalue weighted by Gasteiger charge is -2.51. The second-order valence-electron chi connectivity index (χ2n) is 6.77. The van der Waals surface area contributed by atoms with E-state index in [9.17, 15) is 0 Å². The molecule has 2 nitrogen and oxygen atoms in total. The molecule has 1 heterocycles. The van der Waals surface area contributed by atoms with Crippen LogP contribution < -0.4 is 5.73 Å². The molecule has 0 saturated carbocycles. The van der Waals surface area contributed by atoms with Gasteiger partial charge in [0.15, 0.2) is 0 Å². The zero-order valence-corrected chi connectivity index (χ0v) is 14.7. The number of nitrogens with zero attached hydrogens (tertiary/aromatic N) is 1. The number of hydrogen-bond acceptors (Lipinski definition) is 2. The summed E-state index contributed by atoms with van der Waals surface area (Å²) < 4.78 is 1.20. The van der Waals surface area contributed by atoms with Crippen LogP contribution in [-0.4, -0.2) is 29.6 Å². The highest BCUT2D eigenvalue weighted by atomic mass is 79.9. The first-order valence-corrected chi connectivity index (χ1v) is 9.22. The van der Waals surface area contributed by atoms with Crippen LogP contribution >= 0.6 is 15.9 Å². The largest absolute Gasteiger partial charge is 0.329 e. The minimum atomic E-state index is 0.196. The van der Waals surface area contributed by atoms with Gasteiger partial charge in [-0.3, -0.25) is 4.90 Å². The number of hydrogen-bond donors (Lipinski definition) is 1. The zero-order chi connectivity index (χ0) is 14.9. The van der Waals surface area contributed by atoms with Crippen LogP contribution in [0.4, 0.5) is 0 Å². The molecule has 3 heteroatoms. The van der Waals surface area contributed by atoms with Crippen molar-refractivity contribution in [3.8, 4) is 0 Å². The molecule has 0 radical (unpaired) electrons. The van der Waals surface area contributed by atoms with Crippen molar-refractivity contribution in [2.75, 3.05) is 13.1 Å². The Kier molecular flexibility index (Phi) is 4.72. The van der Waals surface area contributed by atoms with Crippen molar-refractivity contribution in [2.24, 2.45) is 5.73 Å². The number of nitrogens with two attached hydrogens (primary N) is 1. The molecule has 1 aromatic carbocycles. The van der Waals surface area contributed by atoms with Gasteiger partial charge in [0.25, 0.3) is 0 Å². The quantitative estimate of drug-likeness (QED) is 0.895. The van der Waals surface area contributed by atoms with Crippen molar-refractivity contribution >= 4 is 15.9 Å². The molecule has 0 spiro atoms. The molecule has 21 heavy (non-hydrogen) atoms. The molecule has 0 bridgehead atoms. The van der Waals surface area contributed by atoms with Gasteiger partial charge >= 0.3 is 0 Å². The molecule has 116 valence electrons. The SMILES string of the molecule is CCC1CCCCN1C1(CN)CCc2cc(Br)ccc2C1. The van der Waals surface area contributed by atoms with E-state index in [2.05, 4.69) is 46.0 Å². The summed E-state index contributed by atoms with van der Waals surface area (Å²) >= 11 is 3.60. The minimum Gasteiger partial charge on any atom is -0.329 e. The highest BCUT2D eigenvalue weighted by molar-refractivity contribution is 9.10. The van der Waals surface area contributed by atoms with Gasteiger partial charge in [-0.2, -0.15) is 0 Å². The first-order chi connectivity index (χ1) is 10.2. The topological polar surface area (TPSA) is 29.3 Å². The van der Waals surface area contributed by atoms with Crippen LogP contribution in [-0.2, 0) is 12.8 Å². The van der Waals surface area contributed by atoms with Gasteiger partial charge in [-0.15, -0.1) is 0 Å². The molecule has 1 aromatic rings. The number of fused-ring (bicyclic) bond motifs is 1. The predicted molar refractivity (Wildman–Crippen MR) is 92.6 cm³/mol. The average molecular weight is 351 g/mol. The smallest absolute Gasteiger partial charge is 0.0378 e. The van der Waals surface area contributed by atoms with Gasteiger partial charge in [-0.1, -0.05) is 35.3 Å². The molecule has 3 rings (SSSR count). The second kappa shape index (κ2) is 6.39. The Morgan fingerprint density at radius 3 is 2.95 bits per heavy atom. The zero-order valence-electron chi connectivity index (χ0n) is 13.1. The minimum absolute atomic E-state index is 0.196. The highest BCUT2D eigenvalue weighted by Gasteiger charge is 2.42. The number of benzene rings is 1. The lowest BCUT2D eigenvalue weighted by molar-refractivity contribution is 0.0105. The summed E-state index contributed by atoms with van der Waals surface area (Å²) in [4.78, 5) is 2.78. The molecule has 1 aliphatic heterocycles. The van der Waals surface area contributed by atoms with E-state index in [-0.39, 0.29) is 5.54 Å². The fourth-order valence-electron chi connectivity index (χ4n) is 4.40. The van der Waals surface area contributed by atoms with Gasteiger partial charge in [-0.25, -0.2) is 0 Å². The fraction of sp³-hybridized carbons (Fsp3) is 0.667. The number of rotatable bonds is 3. The van der Waals surface area contributed by atoms with Crippen LogP contribution in [0.3, 0.4) is 0 Å². The van der Waals surface area contributed by atoms with Gasteiger partial charge in [0.2, 0.25) is 0 Å². The number of aryl methyl sites for hydroxylation is 1. The van der Waals surface area contributed by atoms with E-state index in [4.69, 9.17) is 5.73 Å². The Balaban J connectivity index is 1.89. The van der Waals surface area contributed by atoms with E-state index in [1.807, 2.05) is 0 Å². The van der Waals surface area contributed by atoms with E-state index in [0.29, 0.717) is 0 Å². The lowest BCUT2D eigenvalue weighted by atomic mass is 9.75. The van der Waals surface area contributed by atoms with E-state index < -0.39 is 0 Å². The van der Waals surface area contributed by atoms with Gasteiger partial charge in [0, 0.05) is 22.6 Å². The number of halogens is 1. The van der Waals surface area contributed by atoms with Crippen molar-refractivity contribution in [3.05, 3.63) is 33.8 Å². The van der Waals surface area contributed by atoms with Crippen molar-refractivity contribution in [3.63, 3.8) is 0 Å². The molecule has 2 N–H and O–H groups in total. The molecule has 1 saturated heterocycles. The summed E-state index contributed by atoms with van der Waals surface area (Å²) in [5.74, 6) is 0. The van der Waals surface area contributed by atoms with Crippen molar-refractivity contribution < 1.29 is 0 Å². The molecular formula is C18H27BrN2. The van der Waals surface area contributed by atoms with Gasteiger partial charge in [-0.05, 0) is 68.3 Å². The van der Waals surface area contributed by atoms with Gasteiger partial charge in [0.1, 0.15) is 0 Å². The lowest BCUT2D eigenvalue weighted by Crippen LogP contribution is -2.61. The van der Waals surface area contributed by atoms with Crippen LogP contribution in [0.15, 0.2) is 22.7 Å². The molecule has 0 aromatic heterocycles. The summed E-state index contributed by atoms with van der Waals surface area (Å²) in [5, 5.41) is 0. The monoisotopic (exact) mass is 350 g/mol. The maximum Gasteiger partial charge on any atom is 0.0378 e. The third-order valence-corrected chi connectivity index (χ3v) is 6.13. The normalized spacial score (nSPS) is 30.1. The fourth-order valence-corrected chi connectivity index (χ4v) is 4.80. The van der Waals surface area contributed by atoms with Crippen LogP contribution in [0.25, 0.3) is 0 Å². The second-order valence-corrected chi connectivity index (χ2v) is 7.69. The summed E-state index contributed by atoms with van der Waals surface area (Å²) in [6.07, 6.45) is 8.84. The van der Waals surface area contributed by atoms with E-state index in [1.54, 1.807) is 0 Å². The summed E-state index contributed by atoms with van der Waals surface area (Å²) in [6.45, 7) is 4.36. The standard InChI is InChI=1S/C18H27BrN2/c1-2-17-5-3-4-10-21(17)18(13-20)9-8-14-11-16(19)7-6-15(14)12-18/h6-7,11,17H,2-5,8-10,12-13,20H2,1H3. The summed E-state index contributed by atoms with van der Waals surface area (Å²) in [6, 6.07) is 7.51. The Morgan fingerprint density at radius 2 is 2.19 bits per heavy atom. The molecule has 2 aliphatic rings. The predicted octanol–water partition coefficient (Wildman–Crippen LogP) is 3.90. The molecule has 0 amide bonds. The third-order valence-electron chi connectivity index (χ3n) is 5.64. The Bertz CT molecular complexity index is 502. The maximum absolute atomic E-state index is 6.32. The van der Waals surface area contributed by atoms with E-state index in [0.717, 1.165) is 19.0 Å². The number of piperidine rings is 1. The Hall–Kier alpha value is -0.380. The first-order valence-electron chi connectivity index (χ1n) is 8.42. The Morgan fingerprint density at radius 1 is 1.33 bits per heavy atom. The highest BCUT2D eigenvalue weighted by Crippen LogP contribution is 2.38. The van der Waals surface area contributed by atoms with Gasteiger partial charge in [0.05, 0.1) is 0 Å². The maximum atomic E-state index is 6.32. The van der Waals surface area contributed by atoms with E-state index in [1.165, 1.54) is 60.7 Å². The van der Waals surface area contributed by atoms with Crippen LogP contribution in [0.5, 0.6) is 0 Å². The van der Waals surface area contributed by atoms with Crippen LogP contribution in [0.1, 0.15) is 50.2 Å². The van der Waals surface area contributed by atoms with Gasteiger partial charge < -0.3 is 5.73 Å². The molecule has 1 fully saturated rings. The van der Waals surface area contributed by atoms with Crippen LogP contribution in [0.2, 0.25) is 0 Å². The Labute approximate surface area is 137 Å². The molecular weight excluding hydrogens is 324 g/mol. The average Bonchev–Trinajstić information content (AvgIpc) is 2.54. The van der Waals surface area contributed by atoms with Crippen molar-refractivity contribution in [1.82, 2.24) is 4.90 Å². The number of likely N-dealkylation sites (tertiary alicyclic amines) is 1. The molecule has 1 aliphatic carbocycles. The van der Waals surface area contributed by atoms with Crippen molar-refractivity contribution in [2.45, 2.75) is 63.5 Å².